The molecule has 2 rings (SSSR count). The number of hydrogen-bond donors (Lipinski definition) is 1. The number of nitrogens with one attached hydrogen (secondary N) is 1. The summed E-state index contributed by atoms with van der Waals surface area (Å²) in [6.07, 6.45) is 0. The van der Waals surface area contributed by atoms with Crippen molar-refractivity contribution in [3.05, 3.63) is 40.9 Å². The van der Waals surface area contributed by atoms with Crippen LogP contribution in [0.25, 0.3) is 0 Å². The minimum Gasteiger partial charge on any atom is -0.494 e. The fourth-order valence-electron chi connectivity index (χ4n) is 1.51. The van der Waals surface area contributed by atoms with Crippen molar-refractivity contribution >= 4 is 23.1 Å². The molecule has 94 valence electrons. The number of hydrogen-bond acceptors (Lipinski definition) is 4. The SMILES string of the molecule is CCOc1ccc(NC(=O)c2csnc2C)cc1. The Morgan fingerprint density at radius 2 is 2.11 bits per heavy atom. The summed E-state index contributed by atoms with van der Waals surface area (Å²) in [6, 6.07) is 7.30. The van der Waals surface area contributed by atoms with Crippen molar-refractivity contribution in [3.8, 4) is 5.75 Å². The summed E-state index contributed by atoms with van der Waals surface area (Å²) in [7, 11) is 0. The number of ether oxygens (including phenoxy) is 1. The van der Waals surface area contributed by atoms with Gasteiger partial charge in [0, 0.05) is 11.1 Å². The fourth-order valence-corrected chi connectivity index (χ4v) is 2.20. The lowest BCUT2D eigenvalue weighted by Crippen LogP contribution is -2.12. The van der Waals surface area contributed by atoms with Crippen molar-refractivity contribution in [1.29, 1.82) is 0 Å². The van der Waals surface area contributed by atoms with Gasteiger partial charge in [-0.25, -0.2) is 0 Å². The van der Waals surface area contributed by atoms with Crippen molar-refractivity contribution in [3.63, 3.8) is 0 Å². The van der Waals surface area contributed by atoms with Gasteiger partial charge in [0.15, 0.2) is 0 Å². The van der Waals surface area contributed by atoms with Gasteiger partial charge in [-0.05, 0) is 49.6 Å². The second-order valence-electron chi connectivity index (χ2n) is 3.73. The van der Waals surface area contributed by atoms with E-state index in [4.69, 9.17) is 4.74 Å². The highest BCUT2D eigenvalue weighted by Crippen LogP contribution is 2.17. The van der Waals surface area contributed by atoms with Crippen LogP contribution in [0.2, 0.25) is 0 Å². The van der Waals surface area contributed by atoms with Crippen LogP contribution in [0.1, 0.15) is 23.0 Å². The Hall–Kier alpha value is -1.88. The molecule has 0 saturated carbocycles. The van der Waals surface area contributed by atoms with E-state index in [0.717, 1.165) is 17.1 Å². The molecular formula is C13H14N2O2S. The average Bonchev–Trinajstić information content (AvgIpc) is 2.78. The second-order valence-corrected chi connectivity index (χ2v) is 4.35. The molecule has 1 N–H and O–H groups in total. The number of benzene rings is 1. The predicted molar refractivity (Wildman–Crippen MR) is 72.4 cm³/mol. The number of carbonyl (C=O) groups excluding carboxylic acids is 1. The van der Waals surface area contributed by atoms with Crippen molar-refractivity contribution in [2.45, 2.75) is 13.8 Å². The van der Waals surface area contributed by atoms with Gasteiger partial charge >= 0.3 is 0 Å². The molecule has 5 heteroatoms. The Bertz CT molecular complexity index is 534. The van der Waals surface area contributed by atoms with Crippen LogP contribution < -0.4 is 10.1 Å². The van der Waals surface area contributed by atoms with Crippen molar-refractivity contribution in [2.24, 2.45) is 0 Å². The smallest absolute Gasteiger partial charge is 0.258 e. The van der Waals surface area contributed by atoms with E-state index in [1.54, 1.807) is 5.38 Å². The number of aryl methyl sites for hydroxylation is 1. The van der Waals surface area contributed by atoms with Gasteiger partial charge in [-0.3, -0.25) is 4.79 Å². The first kappa shape index (κ1) is 12.6. The van der Waals surface area contributed by atoms with Crippen molar-refractivity contribution < 1.29 is 9.53 Å². The lowest BCUT2D eigenvalue weighted by molar-refractivity contribution is 0.102. The normalized spacial score (nSPS) is 10.1. The molecule has 2 aromatic rings. The molecule has 0 aliphatic carbocycles. The van der Waals surface area contributed by atoms with E-state index in [9.17, 15) is 4.79 Å². The maximum atomic E-state index is 11.9. The van der Waals surface area contributed by atoms with Crippen molar-refractivity contribution in [2.75, 3.05) is 11.9 Å². The molecule has 1 aromatic carbocycles. The zero-order valence-electron chi connectivity index (χ0n) is 10.3. The molecule has 0 atom stereocenters. The molecule has 18 heavy (non-hydrogen) atoms. The molecule has 1 heterocycles. The van der Waals surface area contributed by atoms with Gasteiger partial charge in [-0.15, -0.1) is 0 Å². The van der Waals surface area contributed by atoms with E-state index in [-0.39, 0.29) is 5.91 Å². The summed E-state index contributed by atoms with van der Waals surface area (Å²) in [5.74, 6) is 0.661. The lowest BCUT2D eigenvalue weighted by atomic mass is 10.2. The summed E-state index contributed by atoms with van der Waals surface area (Å²) in [4.78, 5) is 11.9. The number of nitrogens with zero attached hydrogens (tertiary/aromatic N) is 1. The van der Waals surface area contributed by atoms with E-state index in [0.29, 0.717) is 12.2 Å². The Balaban J connectivity index is 2.05. The minimum atomic E-state index is -0.134. The second kappa shape index (κ2) is 5.64. The monoisotopic (exact) mass is 262 g/mol. The molecule has 0 aliphatic rings. The average molecular weight is 262 g/mol. The molecule has 0 unspecified atom stereocenters. The van der Waals surface area contributed by atoms with Gasteiger partial charge in [-0.2, -0.15) is 4.37 Å². The zero-order chi connectivity index (χ0) is 13.0. The van der Waals surface area contributed by atoms with Gasteiger partial charge in [-0.1, -0.05) is 0 Å². The topological polar surface area (TPSA) is 51.2 Å². The fraction of sp³-hybridized carbons (Fsp3) is 0.231. The number of carbonyl (C=O) groups is 1. The Kier molecular flexibility index (Phi) is 3.94. The highest BCUT2D eigenvalue weighted by Gasteiger charge is 2.11. The first-order chi connectivity index (χ1) is 8.70. The molecule has 0 radical (unpaired) electrons. The summed E-state index contributed by atoms with van der Waals surface area (Å²) in [5.41, 5.74) is 2.12. The lowest BCUT2D eigenvalue weighted by Gasteiger charge is -2.06. The predicted octanol–water partition coefficient (Wildman–Crippen LogP) is 3.10. The maximum absolute atomic E-state index is 11.9. The third-order valence-electron chi connectivity index (χ3n) is 2.42. The number of rotatable bonds is 4. The molecule has 0 aliphatic heterocycles. The Morgan fingerprint density at radius 1 is 1.39 bits per heavy atom. The van der Waals surface area contributed by atoms with Gasteiger partial charge < -0.3 is 10.1 Å². The summed E-state index contributed by atoms with van der Waals surface area (Å²) >= 11 is 1.28. The van der Waals surface area contributed by atoms with Gasteiger partial charge in [0.1, 0.15) is 5.75 Å². The minimum absolute atomic E-state index is 0.134. The van der Waals surface area contributed by atoms with E-state index in [1.165, 1.54) is 11.5 Å². The summed E-state index contributed by atoms with van der Waals surface area (Å²) in [5, 5.41) is 4.58. The van der Waals surface area contributed by atoms with Crippen molar-refractivity contribution in [1.82, 2.24) is 4.37 Å². The van der Waals surface area contributed by atoms with Crippen LogP contribution >= 0.6 is 11.5 Å². The third kappa shape index (κ3) is 2.87. The summed E-state index contributed by atoms with van der Waals surface area (Å²) in [6.45, 7) is 4.39. The molecule has 1 aromatic heterocycles. The molecular weight excluding hydrogens is 248 g/mol. The maximum Gasteiger partial charge on any atom is 0.258 e. The number of aromatic nitrogens is 1. The van der Waals surface area contributed by atoms with Crippen LogP contribution in [0.3, 0.4) is 0 Å². The Morgan fingerprint density at radius 3 is 2.67 bits per heavy atom. The van der Waals surface area contributed by atoms with Crippen LogP contribution in [-0.2, 0) is 0 Å². The van der Waals surface area contributed by atoms with Crippen LogP contribution in [0, 0.1) is 6.92 Å². The zero-order valence-corrected chi connectivity index (χ0v) is 11.1. The van der Waals surface area contributed by atoms with E-state index in [1.807, 2.05) is 38.1 Å². The summed E-state index contributed by atoms with van der Waals surface area (Å²) < 4.78 is 9.41. The van der Waals surface area contributed by atoms with Gasteiger partial charge in [0.2, 0.25) is 0 Å². The van der Waals surface area contributed by atoms with E-state index >= 15 is 0 Å². The molecule has 0 saturated heterocycles. The quantitative estimate of drug-likeness (QED) is 0.921. The largest absolute Gasteiger partial charge is 0.494 e. The Labute approximate surface area is 110 Å². The first-order valence-corrected chi connectivity index (χ1v) is 6.49. The van der Waals surface area contributed by atoms with Crippen LogP contribution in [0.15, 0.2) is 29.6 Å². The standard InChI is InChI=1S/C13H14N2O2S/c1-3-17-11-6-4-10(5-7-11)14-13(16)12-8-18-15-9(12)2/h4-8H,3H2,1-2H3,(H,14,16). The van der Waals surface area contributed by atoms with Gasteiger partial charge in [0.25, 0.3) is 5.91 Å². The molecule has 0 fully saturated rings. The van der Waals surface area contributed by atoms with Crippen LogP contribution in [-0.4, -0.2) is 16.9 Å². The number of anilines is 1. The van der Waals surface area contributed by atoms with Crippen LogP contribution in [0.5, 0.6) is 5.75 Å². The van der Waals surface area contributed by atoms with E-state index < -0.39 is 0 Å². The molecule has 0 bridgehead atoms. The van der Waals surface area contributed by atoms with Gasteiger partial charge in [0.05, 0.1) is 17.9 Å². The molecule has 0 spiro atoms. The number of amides is 1. The first-order valence-electron chi connectivity index (χ1n) is 5.66. The molecule has 1 amide bonds. The van der Waals surface area contributed by atoms with Crippen LogP contribution in [0.4, 0.5) is 5.69 Å². The highest BCUT2D eigenvalue weighted by atomic mass is 32.1. The molecule has 4 nitrogen and oxygen atoms in total. The van der Waals surface area contributed by atoms with E-state index in [2.05, 4.69) is 9.69 Å². The highest BCUT2D eigenvalue weighted by molar-refractivity contribution is 7.04. The third-order valence-corrected chi connectivity index (χ3v) is 3.14.